The molecule has 0 bridgehead atoms. The molecule has 0 unspecified atom stereocenters. The van der Waals surface area contributed by atoms with Crippen LogP contribution in [0.4, 0.5) is 20.2 Å². The SMILES string of the molecule is COc1cc(OC)c(F)c(-c2ccc3c(C(=O)Nc4ccc(N5CCNC(C)(C)C5)cc4)n[nH]c3n2)c1F. The van der Waals surface area contributed by atoms with Crippen LogP contribution in [0.5, 0.6) is 11.5 Å². The number of pyridine rings is 1. The smallest absolute Gasteiger partial charge is 0.276 e. The summed E-state index contributed by atoms with van der Waals surface area (Å²) in [5, 5.41) is 13.5. The van der Waals surface area contributed by atoms with E-state index in [1.165, 1.54) is 26.4 Å². The summed E-state index contributed by atoms with van der Waals surface area (Å²) in [6.45, 7) is 7.02. The van der Waals surface area contributed by atoms with Gasteiger partial charge in [0.15, 0.2) is 34.5 Å². The second-order valence-electron chi connectivity index (χ2n) is 9.68. The Kier molecular flexibility index (Phi) is 6.62. The molecular weight excluding hydrogens is 494 g/mol. The van der Waals surface area contributed by atoms with Crippen LogP contribution in [0.3, 0.4) is 0 Å². The number of benzene rings is 2. The molecule has 9 nitrogen and oxygen atoms in total. The van der Waals surface area contributed by atoms with Crippen molar-refractivity contribution in [2.45, 2.75) is 19.4 Å². The first-order valence-electron chi connectivity index (χ1n) is 12.1. The molecule has 3 N–H and O–H groups in total. The maximum atomic E-state index is 14.9. The van der Waals surface area contributed by atoms with Gasteiger partial charge in [0.2, 0.25) is 0 Å². The van der Waals surface area contributed by atoms with E-state index in [0.29, 0.717) is 11.1 Å². The fraction of sp³-hybridized carbons (Fsp3) is 0.296. The van der Waals surface area contributed by atoms with Crippen molar-refractivity contribution in [3.63, 3.8) is 0 Å². The third-order valence-electron chi connectivity index (χ3n) is 6.53. The van der Waals surface area contributed by atoms with Gasteiger partial charge in [-0.2, -0.15) is 5.10 Å². The van der Waals surface area contributed by atoms with E-state index in [1.54, 1.807) is 0 Å². The fourth-order valence-corrected chi connectivity index (χ4v) is 4.63. The molecule has 0 radical (unpaired) electrons. The molecule has 5 rings (SSSR count). The first kappa shape index (κ1) is 25.4. The van der Waals surface area contributed by atoms with E-state index in [9.17, 15) is 13.6 Å². The molecule has 2 aromatic heterocycles. The number of methoxy groups -OCH3 is 2. The Balaban J connectivity index is 1.38. The Morgan fingerprint density at radius 1 is 1.05 bits per heavy atom. The maximum Gasteiger partial charge on any atom is 0.276 e. The highest BCUT2D eigenvalue weighted by Crippen LogP contribution is 2.37. The van der Waals surface area contributed by atoms with E-state index in [4.69, 9.17) is 9.47 Å². The number of hydrogen-bond donors (Lipinski definition) is 3. The molecule has 3 heterocycles. The maximum absolute atomic E-state index is 14.9. The number of fused-ring (bicyclic) bond motifs is 1. The molecule has 0 aliphatic carbocycles. The molecule has 1 amide bonds. The zero-order chi connectivity index (χ0) is 27.0. The summed E-state index contributed by atoms with van der Waals surface area (Å²) >= 11 is 0. The normalized spacial score (nSPS) is 14.9. The van der Waals surface area contributed by atoms with Crippen molar-refractivity contribution in [3.8, 4) is 22.8 Å². The number of carbonyl (C=O) groups excluding carboxylic acids is 1. The molecule has 4 aromatic rings. The highest BCUT2D eigenvalue weighted by molar-refractivity contribution is 6.10. The first-order valence-corrected chi connectivity index (χ1v) is 12.1. The second kappa shape index (κ2) is 9.90. The minimum atomic E-state index is -0.914. The number of nitrogens with one attached hydrogen (secondary N) is 3. The van der Waals surface area contributed by atoms with Crippen LogP contribution in [0.1, 0.15) is 24.3 Å². The highest BCUT2D eigenvalue weighted by Gasteiger charge is 2.26. The number of halogens is 2. The molecule has 1 aliphatic rings. The van der Waals surface area contributed by atoms with Gasteiger partial charge >= 0.3 is 0 Å². The van der Waals surface area contributed by atoms with Crippen LogP contribution in [0.25, 0.3) is 22.3 Å². The lowest BCUT2D eigenvalue weighted by atomic mass is 10.0. The lowest BCUT2D eigenvalue weighted by molar-refractivity contribution is 0.102. The lowest BCUT2D eigenvalue weighted by Crippen LogP contribution is -2.57. The van der Waals surface area contributed by atoms with Crippen molar-refractivity contribution in [1.82, 2.24) is 20.5 Å². The van der Waals surface area contributed by atoms with E-state index in [1.807, 2.05) is 24.3 Å². The molecule has 2 aromatic carbocycles. The van der Waals surface area contributed by atoms with Gasteiger partial charge in [0.1, 0.15) is 0 Å². The summed E-state index contributed by atoms with van der Waals surface area (Å²) in [5.41, 5.74) is 1.61. The number of ether oxygens (including phenoxy) is 2. The standard InChI is InChI=1S/C27H28F2N6O3/c1-27(2)14-35(12-11-30-27)16-7-5-15(6-8-16)31-26(36)24-17-9-10-18(32-25(17)34-33-24)21-22(28)19(37-3)13-20(38-4)23(21)29/h5-10,13,30H,11-12,14H2,1-4H3,(H,31,36)(H,32,33,34). The zero-order valence-corrected chi connectivity index (χ0v) is 21.5. The number of piperazine rings is 1. The Hall–Kier alpha value is -4.25. The average Bonchev–Trinajstić information content (AvgIpc) is 3.32. The summed E-state index contributed by atoms with van der Waals surface area (Å²) < 4.78 is 39.9. The molecule has 11 heteroatoms. The Morgan fingerprint density at radius 3 is 2.37 bits per heavy atom. The minimum Gasteiger partial charge on any atom is -0.494 e. The predicted octanol–water partition coefficient (Wildman–Crippen LogP) is 4.36. The fourth-order valence-electron chi connectivity index (χ4n) is 4.63. The average molecular weight is 523 g/mol. The highest BCUT2D eigenvalue weighted by atomic mass is 19.1. The van der Waals surface area contributed by atoms with Crippen LogP contribution >= 0.6 is 0 Å². The van der Waals surface area contributed by atoms with Crippen LogP contribution in [0, 0.1) is 11.6 Å². The van der Waals surface area contributed by atoms with Gasteiger partial charge in [-0.05, 0) is 50.2 Å². The van der Waals surface area contributed by atoms with Gasteiger partial charge in [0.25, 0.3) is 5.91 Å². The van der Waals surface area contributed by atoms with Crippen LogP contribution in [0.15, 0.2) is 42.5 Å². The largest absolute Gasteiger partial charge is 0.494 e. The molecule has 0 atom stereocenters. The van der Waals surface area contributed by atoms with E-state index >= 15 is 0 Å². The molecule has 0 spiro atoms. The number of aromatic nitrogens is 3. The van der Waals surface area contributed by atoms with Crippen molar-refractivity contribution in [2.24, 2.45) is 0 Å². The summed E-state index contributed by atoms with van der Waals surface area (Å²) in [6, 6.07) is 11.7. The molecule has 1 fully saturated rings. The first-order chi connectivity index (χ1) is 18.2. The van der Waals surface area contributed by atoms with Crippen molar-refractivity contribution in [1.29, 1.82) is 0 Å². The summed E-state index contributed by atoms with van der Waals surface area (Å²) in [5.74, 6) is -2.64. The number of hydrogen-bond acceptors (Lipinski definition) is 7. The van der Waals surface area contributed by atoms with E-state index < -0.39 is 23.1 Å². The van der Waals surface area contributed by atoms with Gasteiger partial charge in [0, 0.05) is 42.6 Å². The number of anilines is 2. The molecule has 198 valence electrons. The van der Waals surface area contributed by atoms with Gasteiger partial charge in [-0.1, -0.05) is 0 Å². The van der Waals surface area contributed by atoms with Crippen LogP contribution in [0.2, 0.25) is 0 Å². The second-order valence-corrected chi connectivity index (χ2v) is 9.68. The number of aromatic amines is 1. The van der Waals surface area contributed by atoms with E-state index in [-0.39, 0.29) is 34.1 Å². The van der Waals surface area contributed by atoms with Gasteiger partial charge in [-0.25, -0.2) is 13.8 Å². The van der Waals surface area contributed by atoms with Crippen molar-refractivity contribution in [3.05, 3.63) is 59.8 Å². The van der Waals surface area contributed by atoms with E-state index in [2.05, 4.69) is 44.6 Å². The zero-order valence-electron chi connectivity index (χ0n) is 21.5. The summed E-state index contributed by atoms with van der Waals surface area (Å²) in [7, 11) is 2.55. The van der Waals surface area contributed by atoms with Crippen molar-refractivity contribution in [2.75, 3.05) is 44.1 Å². The van der Waals surface area contributed by atoms with Gasteiger partial charge < -0.3 is 25.0 Å². The predicted molar refractivity (Wildman–Crippen MR) is 141 cm³/mol. The van der Waals surface area contributed by atoms with Crippen LogP contribution in [-0.4, -0.2) is 60.5 Å². The van der Waals surface area contributed by atoms with Crippen molar-refractivity contribution < 1.29 is 23.0 Å². The third-order valence-corrected chi connectivity index (χ3v) is 6.53. The number of H-pyrrole nitrogens is 1. The molecule has 0 saturated carbocycles. The molecule has 1 aliphatic heterocycles. The van der Waals surface area contributed by atoms with Gasteiger partial charge in [0.05, 0.1) is 30.9 Å². The quantitative estimate of drug-likeness (QED) is 0.346. The Bertz CT molecular complexity index is 1470. The van der Waals surface area contributed by atoms with Crippen molar-refractivity contribution >= 4 is 28.3 Å². The number of nitrogens with zero attached hydrogens (tertiary/aromatic N) is 3. The van der Waals surface area contributed by atoms with Crippen LogP contribution in [-0.2, 0) is 0 Å². The molecule has 1 saturated heterocycles. The Morgan fingerprint density at radius 2 is 1.74 bits per heavy atom. The lowest BCUT2D eigenvalue weighted by Gasteiger charge is -2.40. The summed E-state index contributed by atoms with van der Waals surface area (Å²) in [4.78, 5) is 19.6. The molecular formula is C27H28F2N6O3. The number of rotatable bonds is 6. The van der Waals surface area contributed by atoms with E-state index in [0.717, 1.165) is 31.4 Å². The third kappa shape index (κ3) is 4.72. The monoisotopic (exact) mass is 522 g/mol. The molecule has 38 heavy (non-hydrogen) atoms. The summed E-state index contributed by atoms with van der Waals surface area (Å²) in [6.07, 6.45) is 0. The number of amides is 1. The Labute approximate surface area is 218 Å². The minimum absolute atomic E-state index is 0.00742. The topological polar surface area (TPSA) is 104 Å². The van der Waals surface area contributed by atoms with Gasteiger partial charge in [-0.3, -0.25) is 9.89 Å². The van der Waals surface area contributed by atoms with Crippen LogP contribution < -0.4 is 25.0 Å². The van der Waals surface area contributed by atoms with Gasteiger partial charge in [-0.15, -0.1) is 0 Å². The number of carbonyl (C=O) groups is 1.